The zero-order valence-corrected chi connectivity index (χ0v) is 22.6. The van der Waals surface area contributed by atoms with E-state index in [0.717, 1.165) is 47.5 Å². The van der Waals surface area contributed by atoms with Gasteiger partial charge in [0.15, 0.2) is 0 Å². The van der Waals surface area contributed by atoms with Gasteiger partial charge in [0.05, 0.1) is 18.2 Å². The number of aromatic nitrogens is 4. The average Bonchev–Trinajstić information content (AvgIpc) is 3.30. The van der Waals surface area contributed by atoms with Crippen LogP contribution in [0.2, 0.25) is 25.7 Å². The molecule has 37 heavy (non-hydrogen) atoms. The first-order chi connectivity index (χ1) is 17.8. The van der Waals surface area contributed by atoms with Crippen LogP contribution in [0.15, 0.2) is 67.0 Å². The van der Waals surface area contributed by atoms with Gasteiger partial charge in [-0.3, -0.25) is 0 Å². The van der Waals surface area contributed by atoms with E-state index in [1.807, 2.05) is 36.4 Å². The molecule has 0 saturated heterocycles. The molecule has 2 N–H and O–H groups in total. The largest absolute Gasteiger partial charge is 0.493 e. The number of nitrogen functional groups attached to an aromatic ring is 1. The Morgan fingerprint density at radius 2 is 1.92 bits per heavy atom. The summed E-state index contributed by atoms with van der Waals surface area (Å²) in [5.74, 6) is 3.15. The third kappa shape index (κ3) is 6.36. The highest BCUT2D eigenvalue weighted by Crippen LogP contribution is 2.36. The monoisotopic (exact) mass is 515 g/mol. The summed E-state index contributed by atoms with van der Waals surface area (Å²) in [5.41, 5.74) is 8.77. The van der Waals surface area contributed by atoms with E-state index in [-0.39, 0.29) is 11.9 Å². The van der Waals surface area contributed by atoms with Crippen molar-refractivity contribution >= 4 is 14.0 Å². The molecule has 9 heteroatoms. The maximum atomic E-state index is 6.17. The zero-order chi connectivity index (χ0) is 25.8. The maximum absolute atomic E-state index is 6.17. The Hall–Kier alpha value is -3.69. The summed E-state index contributed by atoms with van der Waals surface area (Å²) in [4.78, 5) is 13.1. The molecule has 2 aromatic carbocycles. The van der Waals surface area contributed by atoms with Gasteiger partial charge in [-0.1, -0.05) is 50.0 Å². The van der Waals surface area contributed by atoms with Crippen LogP contribution in [-0.4, -0.2) is 40.8 Å². The molecule has 1 aliphatic rings. The number of hydrogen-bond donors (Lipinski definition) is 1. The van der Waals surface area contributed by atoms with E-state index >= 15 is 0 Å². The molecular formula is C28H33N5O3Si. The lowest BCUT2D eigenvalue weighted by molar-refractivity contribution is 0.0830. The molecule has 1 aliphatic heterocycles. The van der Waals surface area contributed by atoms with Crippen LogP contribution in [0.25, 0.3) is 11.3 Å². The Bertz CT molecular complexity index is 1350. The number of rotatable bonds is 9. The molecule has 0 amide bonds. The highest BCUT2D eigenvalue weighted by Gasteiger charge is 2.27. The second-order valence-electron chi connectivity index (χ2n) is 10.5. The van der Waals surface area contributed by atoms with Gasteiger partial charge in [0.2, 0.25) is 11.8 Å². The third-order valence-corrected chi connectivity index (χ3v) is 7.98. The Labute approximate surface area is 218 Å². The lowest BCUT2D eigenvalue weighted by Gasteiger charge is -2.26. The van der Waals surface area contributed by atoms with Crippen LogP contribution in [0.1, 0.15) is 17.3 Å². The molecule has 3 heterocycles. The summed E-state index contributed by atoms with van der Waals surface area (Å²) >= 11 is 0. The van der Waals surface area contributed by atoms with Crippen molar-refractivity contribution in [2.45, 2.75) is 44.8 Å². The number of ether oxygens (including phenoxy) is 3. The minimum Gasteiger partial charge on any atom is -0.493 e. The molecule has 1 atom stereocenters. The first-order valence-corrected chi connectivity index (χ1v) is 16.3. The molecule has 2 aromatic heterocycles. The summed E-state index contributed by atoms with van der Waals surface area (Å²) in [6.45, 7) is 8.87. The molecule has 8 nitrogen and oxygen atoms in total. The lowest BCUT2D eigenvalue weighted by Crippen LogP contribution is -2.24. The van der Waals surface area contributed by atoms with E-state index in [0.29, 0.717) is 25.0 Å². The Morgan fingerprint density at radius 1 is 1.08 bits per heavy atom. The van der Waals surface area contributed by atoms with Crippen LogP contribution < -0.4 is 15.2 Å². The fraction of sp³-hybridized carbons (Fsp3) is 0.321. The van der Waals surface area contributed by atoms with Crippen LogP contribution in [0.5, 0.6) is 17.4 Å². The molecule has 0 fully saturated rings. The van der Waals surface area contributed by atoms with Crippen molar-refractivity contribution in [3.8, 4) is 28.6 Å². The summed E-state index contributed by atoms with van der Waals surface area (Å²) in [6, 6.07) is 18.9. The first-order valence-electron chi connectivity index (χ1n) is 12.6. The van der Waals surface area contributed by atoms with Crippen molar-refractivity contribution in [1.29, 1.82) is 0 Å². The molecule has 4 aromatic rings. The summed E-state index contributed by atoms with van der Waals surface area (Å²) in [7, 11) is -1.16. The van der Waals surface area contributed by atoms with E-state index in [1.54, 1.807) is 12.3 Å². The normalized spacial score (nSPS) is 15.2. The molecule has 0 spiro atoms. The predicted octanol–water partition coefficient (Wildman–Crippen LogP) is 5.75. The van der Waals surface area contributed by atoms with Crippen LogP contribution in [0.3, 0.4) is 0 Å². The molecule has 192 valence electrons. The second kappa shape index (κ2) is 10.7. The number of nitrogens with two attached hydrogens (primary N) is 1. The summed E-state index contributed by atoms with van der Waals surface area (Å²) < 4.78 is 20.3. The van der Waals surface area contributed by atoms with Gasteiger partial charge < -0.3 is 24.5 Å². The van der Waals surface area contributed by atoms with E-state index in [1.165, 1.54) is 0 Å². The van der Waals surface area contributed by atoms with Crippen molar-refractivity contribution in [3.63, 3.8) is 0 Å². The van der Waals surface area contributed by atoms with Gasteiger partial charge in [0.25, 0.3) is 0 Å². The van der Waals surface area contributed by atoms with Gasteiger partial charge in [0.1, 0.15) is 24.1 Å². The topological polar surface area (TPSA) is 97.3 Å². The average molecular weight is 516 g/mol. The maximum Gasteiger partial charge on any atom is 0.224 e. The zero-order valence-electron chi connectivity index (χ0n) is 21.6. The lowest BCUT2D eigenvalue weighted by atomic mass is 9.96. The minimum absolute atomic E-state index is 0.0792. The third-order valence-electron chi connectivity index (χ3n) is 6.28. The van der Waals surface area contributed by atoms with Gasteiger partial charge in [0, 0.05) is 38.7 Å². The number of benzene rings is 2. The van der Waals surface area contributed by atoms with E-state index in [9.17, 15) is 0 Å². The number of hydrogen-bond acceptors (Lipinski definition) is 7. The fourth-order valence-corrected chi connectivity index (χ4v) is 5.04. The van der Waals surface area contributed by atoms with Crippen LogP contribution in [-0.2, 0) is 17.9 Å². The standard InChI is InChI=1S/C28H33N5O3Si/c1-37(2,3)14-13-34-19-33-17-24(20-7-5-4-6-8-20)31-27(33)22-15-21-16-23(9-10-25(21)35-18-22)36-26-11-12-30-28(29)32-26/h4-12,16-17,22H,13-15,18-19H2,1-3H3,(H2,29,30,32). The van der Waals surface area contributed by atoms with Crippen molar-refractivity contribution in [2.24, 2.45) is 0 Å². The quantitative estimate of drug-likeness (QED) is 0.224. The summed E-state index contributed by atoms with van der Waals surface area (Å²) in [5, 5.41) is 0. The van der Waals surface area contributed by atoms with E-state index < -0.39 is 8.07 Å². The minimum atomic E-state index is -1.16. The molecule has 1 unspecified atom stereocenters. The summed E-state index contributed by atoms with van der Waals surface area (Å²) in [6.07, 6.45) is 4.44. The molecular weight excluding hydrogens is 482 g/mol. The van der Waals surface area contributed by atoms with Crippen LogP contribution >= 0.6 is 0 Å². The van der Waals surface area contributed by atoms with Gasteiger partial charge in [-0.05, 0) is 36.2 Å². The van der Waals surface area contributed by atoms with Crippen molar-refractivity contribution in [2.75, 3.05) is 18.9 Å². The number of anilines is 1. The molecule has 5 rings (SSSR count). The van der Waals surface area contributed by atoms with Crippen molar-refractivity contribution in [3.05, 3.63) is 78.4 Å². The van der Waals surface area contributed by atoms with Crippen LogP contribution in [0, 0.1) is 0 Å². The smallest absolute Gasteiger partial charge is 0.224 e. The molecule has 0 saturated carbocycles. The van der Waals surface area contributed by atoms with Crippen molar-refractivity contribution in [1.82, 2.24) is 19.5 Å². The number of imidazole rings is 1. The molecule has 0 radical (unpaired) electrons. The van der Waals surface area contributed by atoms with E-state index in [2.05, 4.69) is 52.5 Å². The fourth-order valence-electron chi connectivity index (χ4n) is 4.28. The van der Waals surface area contributed by atoms with Gasteiger partial charge in [-0.25, -0.2) is 9.97 Å². The Morgan fingerprint density at radius 3 is 2.70 bits per heavy atom. The number of fused-ring (bicyclic) bond motifs is 1. The van der Waals surface area contributed by atoms with Crippen molar-refractivity contribution < 1.29 is 14.2 Å². The molecule has 0 aliphatic carbocycles. The Balaban J connectivity index is 1.37. The number of nitrogens with zero attached hydrogens (tertiary/aromatic N) is 4. The van der Waals surface area contributed by atoms with E-state index in [4.69, 9.17) is 24.9 Å². The van der Waals surface area contributed by atoms with Gasteiger partial charge in [-0.2, -0.15) is 4.98 Å². The highest BCUT2D eigenvalue weighted by molar-refractivity contribution is 6.76. The Kier molecular flexibility index (Phi) is 7.25. The van der Waals surface area contributed by atoms with Gasteiger partial charge >= 0.3 is 0 Å². The predicted molar refractivity (Wildman–Crippen MR) is 147 cm³/mol. The first kappa shape index (κ1) is 25.0. The van der Waals surface area contributed by atoms with Gasteiger partial charge in [-0.15, -0.1) is 0 Å². The highest BCUT2D eigenvalue weighted by atomic mass is 28.3. The second-order valence-corrected chi connectivity index (χ2v) is 16.1. The van der Waals surface area contributed by atoms with Crippen LogP contribution in [0.4, 0.5) is 5.95 Å². The SMILES string of the molecule is C[Si](C)(C)CCOCn1cc(-c2ccccc2)nc1C1COc2ccc(Oc3ccnc(N)n3)cc2C1. The molecule has 0 bridgehead atoms.